The summed E-state index contributed by atoms with van der Waals surface area (Å²) in [5, 5.41) is 6.19. The van der Waals surface area contributed by atoms with Crippen molar-refractivity contribution in [3.63, 3.8) is 0 Å². The van der Waals surface area contributed by atoms with Crippen molar-refractivity contribution >= 4 is 57.5 Å². The standard InChI is InChI=1S/C48H51FN8O6/c1-47(2)45(48(3,4)46(47)63-38-14-11-35(50-5)40-32(38)7-6-18-51-40)53-41(59)29-8-12-36(34(49)25-29)56-19-16-28(17-20-56)27-54-21-23-55(24-22-54)30-9-10-31-33(26-30)44(62)57(43(31)61)37-13-15-39(58)52-42(37)60/h6-12,14,18,25-26,28,37,45-46H,13,15-17,19-24,27H2,1-4H3,(H,53,59)(H,52,58,60). The molecule has 1 unspecified atom stereocenters. The number of rotatable bonds is 9. The van der Waals surface area contributed by atoms with E-state index in [0.717, 1.165) is 61.5 Å². The Balaban J connectivity index is 0.754. The van der Waals surface area contributed by atoms with Crippen molar-refractivity contribution in [3.8, 4) is 5.75 Å². The summed E-state index contributed by atoms with van der Waals surface area (Å²) in [6.45, 7) is 21.3. The predicted octanol–water partition coefficient (Wildman–Crippen LogP) is 5.98. The molecule has 4 aromatic rings. The van der Waals surface area contributed by atoms with Gasteiger partial charge in [0.1, 0.15) is 23.7 Å². The molecular weight excluding hydrogens is 804 g/mol. The number of fused-ring (bicyclic) bond motifs is 2. The number of nitrogens with zero attached hydrogens (tertiary/aromatic N) is 6. The second-order valence-electron chi connectivity index (χ2n) is 18.7. The second kappa shape index (κ2) is 16.1. The Kier molecular flexibility index (Phi) is 10.7. The van der Waals surface area contributed by atoms with Crippen LogP contribution in [0.3, 0.4) is 0 Å². The number of ether oxygens (including phenoxy) is 1. The maximum atomic E-state index is 15.8. The van der Waals surface area contributed by atoms with Crippen LogP contribution in [0.4, 0.5) is 21.5 Å². The Morgan fingerprint density at radius 3 is 2.32 bits per heavy atom. The molecule has 1 aromatic heterocycles. The highest BCUT2D eigenvalue weighted by molar-refractivity contribution is 6.23. The minimum atomic E-state index is -0.994. The number of amides is 5. The number of pyridine rings is 1. The fourth-order valence-corrected chi connectivity index (χ4v) is 10.9. The average Bonchev–Trinajstić information content (AvgIpc) is 3.52. The van der Waals surface area contributed by atoms with Crippen molar-refractivity contribution in [1.82, 2.24) is 25.4 Å². The number of benzene rings is 3. The molecule has 5 aliphatic rings. The monoisotopic (exact) mass is 854 g/mol. The van der Waals surface area contributed by atoms with Gasteiger partial charge in [-0.1, -0.05) is 33.8 Å². The smallest absolute Gasteiger partial charge is 0.262 e. The van der Waals surface area contributed by atoms with Crippen molar-refractivity contribution in [1.29, 1.82) is 0 Å². The number of imide groups is 2. The minimum absolute atomic E-state index is 0.0753. The summed E-state index contributed by atoms with van der Waals surface area (Å²) in [7, 11) is 0. The van der Waals surface area contributed by atoms with Crippen LogP contribution in [0, 0.1) is 29.1 Å². The van der Waals surface area contributed by atoms with Crippen LogP contribution in [0.1, 0.15) is 84.5 Å². The predicted molar refractivity (Wildman–Crippen MR) is 234 cm³/mol. The zero-order chi connectivity index (χ0) is 44.4. The number of carbonyl (C=O) groups excluding carboxylic acids is 5. The average molecular weight is 855 g/mol. The number of aromatic nitrogens is 1. The molecule has 1 saturated carbocycles. The molecule has 4 fully saturated rings. The third-order valence-electron chi connectivity index (χ3n) is 14.0. The summed E-state index contributed by atoms with van der Waals surface area (Å²) in [4.78, 5) is 80.0. The highest BCUT2D eigenvalue weighted by atomic mass is 19.1. The van der Waals surface area contributed by atoms with Crippen LogP contribution in [0.5, 0.6) is 5.75 Å². The molecule has 3 saturated heterocycles. The third kappa shape index (κ3) is 7.43. The van der Waals surface area contributed by atoms with Gasteiger partial charge >= 0.3 is 0 Å². The highest BCUT2D eigenvalue weighted by Crippen LogP contribution is 2.56. The van der Waals surface area contributed by atoms with Gasteiger partial charge in [0.2, 0.25) is 17.5 Å². The molecule has 3 aromatic carbocycles. The summed E-state index contributed by atoms with van der Waals surface area (Å²) in [6, 6.07) is 16.0. The molecular formula is C48H51FN8O6. The fourth-order valence-electron chi connectivity index (χ4n) is 10.9. The zero-order valence-corrected chi connectivity index (χ0v) is 35.9. The van der Waals surface area contributed by atoms with Gasteiger partial charge in [0.05, 0.1) is 28.9 Å². The molecule has 9 rings (SSSR count). The number of piperidine rings is 2. The number of nitrogens with one attached hydrogen (secondary N) is 2. The summed E-state index contributed by atoms with van der Waals surface area (Å²) < 4.78 is 22.4. The molecule has 14 nitrogen and oxygen atoms in total. The lowest BCUT2D eigenvalue weighted by molar-refractivity contribution is -0.163. The van der Waals surface area contributed by atoms with E-state index in [1.165, 1.54) is 6.07 Å². The Hall–Kier alpha value is -6.40. The van der Waals surface area contributed by atoms with Crippen LogP contribution in [-0.4, -0.2) is 108 Å². The van der Waals surface area contributed by atoms with Crippen LogP contribution in [0.2, 0.25) is 0 Å². The number of carbonyl (C=O) groups is 5. The van der Waals surface area contributed by atoms with E-state index in [1.54, 1.807) is 36.5 Å². The van der Waals surface area contributed by atoms with E-state index in [0.29, 0.717) is 41.6 Å². The maximum Gasteiger partial charge on any atom is 0.262 e. The van der Waals surface area contributed by atoms with E-state index < -0.39 is 46.3 Å². The molecule has 0 spiro atoms. The van der Waals surface area contributed by atoms with Crippen molar-refractivity contribution in [2.45, 2.75) is 71.6 Å². The lowest BCUT2D eigenvalue weighted by atomic mass is 9.49. The van der Waals surface area contributed by atoms with E-state index in [2.05, 4.69) is 62.9 Å². The van der Waals surface area contributed by atoms with Gasteiger partial charge in [-0.15, -0.1) is 0 Å². The first-order chi connectivity index (χ1) is 30.1. The van der Waals surface area contributed by atoms with Gasteiger partial charge in [-0.3, -0.25) is 44.1 Å². The van der Waals surface area contributed by atoms with Crippen molar-refractivity contribution in [2.75, 3.05) is 55.6 Å². The molecule has 2 N–H and O–H groups in total. The van der Waals surface area contributed by atoms with Gasteiger partial charge in [-0.25, -0.2) is 9.24 Å². The molecule has 0 bridgehead atoms. The number of hydrogen-bond acceptors (Lipinski definition) is 10. The molecule has 326 valence electrons. The molecule has 15 heteroatoms. The van der Waals surface area contributed by atoms with Gasteiger partial charge in [0, 0.05) is 91.9 Å². The summed E-state index contributed by atoms with van der Waals surface area (Å²) >= 11 is 0. The Morgan fingerprint density at radius 1 is 0.889 bits per heavy atom. The van der Waals surface area contributed by atoms with Crippen molar-refractivity contribution < 1.29 is 33.1 Å². The topological polar surface area (TPSA) is 149 Å². The molecule has 5 amide bonds. The van der Waals surface area contributed by atoms with Crippen LogP contribution >= 0.6 is 0 Å². The van der Waals surface area contributed by atoms with Gasteiger partial charge in [0.25, 0.3) is 17.7 Å². The maximum absolute atomic E-state index is 15.8. The number of piperazine rings is 1. The molecule has 0 radical (unpaired) electrons. The van der Waals surface area contributed by atoms with Gasteiger partial charge in [-0.05, 0) is 79.8 Å². The zero-order valence-electron chi connectivity index (χ0n) is 35.9. The number of hydrogen-bond donors (Lipinski definition) is 2. The Bertz CT molecular complexity index is 2570. The van der Waals surface area contributed by atoms with E-state index in [-0.39, 0.29) is 47.6 Å². The Labute approximate surface area is 365 Å². The fraction of sp³-hybridized carbons (Fsp3) is 0.438. The van der Waals surface area contributed by atoms with E-state index in [1.807, 2.05) is 24.3 Å². The van der Waals surface area contributed by atoms with Gasteiger partial charge in [0.15, 0.2) is 0 Å². The minimum Gasteiger partial charge on any atom is -0.489 e. The van der Waals surface area contributed by atoms with E-state index >= 15 is 4.39 Å². The van der Waals surface area contributed by atoms with Crippen molar-refractivity contribution in [2.24, 2.45) is 16.7 Å². The highest BCUT2D eigenvalue weighted by Gasteiger charge is 2.64. The Morgan fingerprint density at radius 2 is 1.62 bits per heavy atom. The molecule has 4 aliphatic heterocycles. The first-order valence-corrected chi connectivity index (χ1v) is 21.8. The molecule has 63 heavy (non-hydrogen) atoms. The largest absolute Gasteiger partial charge is 0.489 e. The molecule has 1 aliphatic carbocycles. The van der Waals surface area contributed by atoms with E-state index in [9.17, 15) is 24.0 Å². The number of anilines is 2. The van der Waals surface area contributed by atoms with E-state index in [4.69, 9.17) is 11.3 Å². The van der Waals surface area contributed by atoms with Gasteiger partial charge in [-0.2, -0.15) is 0 Å². The normalized spacial score (nSPS) is 23.6. The first kappa shape index (κ1) is 41.9. The first-order valence-electron chi connectivity index (χ1n) is 21.8. The van der Waals surface area contributed by atoms with Crippen LogP contribution in [0.15, 0.2) is 66.9 Å². The SMILES string of the molecule is [C-]#[N+]c1ccc(OC2C(C)(C)C(NC(=O)c3ccc(N4CCC(CN5CCN(c6ccc7c(c6)C(=O)N(C6CCC(=O)NC6=O)C7=O)CC5)CC4)c(F)c3)C2(C)C)c2cccnc12. The van der Waals surface area contributed by atoms with Crippen molar-refractivity contribution in [3.05, 3.63) is 101 Å². The summed E-state index contributed by atoms with van der Waals surface area (Å²) in [6.07, 6.45) is 3.42. The molecule has 1 atom stereocenters. The van der Waals surface area contributed by atoms with Crippen LogP contribution in [-0.2, 0) is 9.59 Å². The third-order valence-corrected chi connectivity index (χ3v) is 14.0. The lowest BCUT2D eigenvalue weighted by Crippen LogP contribution is -2.74. The van der Waals surface area contributed by atoms with Crippen LogP contribution in [0.25, 0.3) is 15.7 Å². The number of halogens is 1. The van der Waals surface area contributed by atoms with Gasteiger partial charge < -0.3 is 19.9 Å². The van der Waals surface area contributed by atoms with Crippen LogP contribution < -0.4 is 25.2 Å². The summed E-state index contributed by atoms with van der Waals surface area (Å²) in [5.41, 5.74) is 2.30. The molecule has 5 heterocycles. The second-order valence-corrected chi connectivity index (χ2v) is 18.7. The quantitative estimate of drug-likeness (QED) is 0.152. The summed E-state index contributed by atoms with van der Waals surface area (Å²) in [5.74, 6) is -1.71. The lowest BCUT2D eigenvalue weighted by Gasteiger charge is -2.63.